The van der Waals surface area contributed by atoms with E-state index >= 15 is 0 Å². The van der Waals surface area contributed by atoms with Crippen LogP contribution in [0, 0.1) is 12.8 Å². The van der Waals surface area contributed by atoms with Gasteiger partial charge < -0.3 is 14.3 Å². The molecule has 8 heteroatoms. The number of nitrogens with zero attached hydrogens (tertiary/aromatic N) is 4. The van der Waals surface area contributed by atoms with Crippen molar-refractivity contribution >= 4 is 34.8 Å². The van der Waals surface area contributed by atoms with E-state index in [-0.39, 0.29) is 18.4 Å². The third-order valence-corrected chi connectivity index (χ3v) is 6.73. The van der Waals surface area contributed by atoms with Gasteiger partial charge in [-0.25, -0.2) is 0 Å². The maximum atomic E-state index is 13.7. The van der Waals surface area contributed by atoms with Crippen LogP contribution in [0.4, 0.5) is 5.69 Å². The Kier molecular flexibility index (Phi) is 7.20. The quantitative estimate of drug-likeness (QED) is 0.405. The van der Waals surface area contributed by atoms with Crippen LogP contribution in [-0.2, 0) is 11.3 Å². The summed E-state index contributed by atoms with van der Waals surface area (Å²) in [5, 5.41) is 5.07. The van der Waals surface area contributed by atoms with Gasteiger partial charge in [-0.15, -0.1) is 0 Å². The molecule has 3 aromatic rings. The van der Waals surface area contributed by atoms with Crippen molar-refractivity contribution in [3.05, 3.63) is 64.0 Å². The summed E-state index contributed by atoms with van der Waals surface area (Å²) in [5.41, 5.74) is 2.61. The number of halogens is 2. The molecule has 2 heterocycles. The van der Waals surface area contributed by atoms with Crippen molar-refractivity contribution in [2.24, 2.45) is 5.92 Å². The molecule has 0 aliphatic carbocycles. The summed E-state index contributed by atoms with van der Waals surface area (Å²) in [7, 11) is 0. The number of amides is 1. The zero-order chi connectivity index (χ0) is 24.5. The topological polar surface area (TPSA) is 62.5 Å². The van der Waals surface area contributed by atoms with E-state index in [0.29, 0.717) is 33.9 Å². The number of anilines is 1. The third kappa shape index (κ3) is 5.56. The average Bonchev–Trinajstić information content (AvgIpc) is 3.25. The first kappa shape index (κ1) is 24.6. The lowest BCUT2D eigenvalue weighted by Gasteiger charge is -2.40. The minimum atomic E-state index is -0.407. The van der Waals surface area contributed by atoms with Gasteiger partial charge in [0.1, 0.15) is 6.54 Å². The number of carbonyl (C=O) groups excluding carboxylic acids is 1. The lowest BCUT2D eigenvalue weighted by Crippen LogP contribution is -2.51. The van der Waals surface area contributed by atoms with Gasteiger partial charge in [0.25, 0.3) is 0 Å². The molecule has 1 aromatic heterocycles. The molecule has 34 heavy (non-hydrogen) atoms. The molecular formula is C26H30Cl2N4O2. The van der Waals surface area contributed by atoms with Gasteiger partial charge in [0.05, 0.1) is 10.9 Å². The van der Waals surface area contributed by atoms with Crippen molar-refractivity contribution in [1.29, 1.82) is 0 Å². The van der Waals surface area contributed by atoms with Crippen LogP contribution < -0.4 is 4.90 Å². The zero-order valence-corrected chi connectivity index (χ0v) is 21.5. The van der Waals surface area contributed by atoms with Gasteiger partial charge in [0.15, 0.2) is 0 Å². The lowest BCUT2D eigenvalue weighted by atomic mass is 9.93. The van der Waals surface area contributed by atoms with Gasteiger partial charge >= 0.3 is 0 Å². The van der Waals surface area contributed by atoms with Gasteiger partial charge in [0.2, 0.25) is 17.6 Å². The van der Waals surface area contributed by atoms with Crippen LogP contribution in [0.2, 0.25) is 10.0 Å². The predicted molar refractivity (Wildman–Crippen MR) is 136 cm³/mol. The summed E-state index contributed by atoms with van der Waals surface area (Å²) in [5.74, 6) is 0.757. The summed E-state index contributed by atoms with van der Waals surface area (Å²) in [6.07, 6.45) is 1.84. The molecule has 0 N–H and O–H groups in total. The fourth-order valence-corrected chi connectivity index (χ4v) is 4.76. The largest absolute Gasteiger partial charge is 0.371 e. The Bertz CT molecular complexity index is 1150. The van der Waals surface area contributed by atoms with E-state index in [1.807, 2.05) is 25.7 Å². The van der Waals surface area contributed by atoms with Gasteiger partial charge in [-0.05, 0) is 70.9 Å². The minimum Gasteiger partial charge on any atom is -0.371 e. The second-order valence-electron chi connectivity index (χ2n) is 9.85. The van der Waals surface area contributed by atoms with Crippen LogP contribution in [0.15, 0.2) is 47.0 Å². The van der Waals surface area contributed by atoms with Crippen LogP contribution in [0.1, 0.15) is 45.1 Å². The number of carbonyl (C=O) groups is 1. The highest BCUT2D eigenvalue weighted by atomic mass is 35.5. The standard InChI is InChI=1S/C26H30Cl2N4O2/c1-17-7-10-20(11-8-17)31-13-5-6-18(15-31)25(33)32(26(2,3)4)16-23-29-24(30-34-23)21-12-9-19(27)14-22(21)28/h7-12,14,18H,5-6,13,15-16H2,1-4H3. The molecule has 6 nitrogen and oxygen atoms in total. The zero-order valence-electron chi connectivity index (χ0n) is 20.0. The summed E-state index contributed by atoms with van der Waals surface area (Å²) in [6.45, 7) is 10.1. The number of hydrogen-bond donors (Lipinski definition) is 0. The van der Waals surface area contributed by atoms with E-state index in [4.69, 9.17) is 27.7 Å². The molecular weight excluding hydrogens is 471 g/mol. The number of hydrogen-bond acceptors (Lipinski definition) is 5. The Morgan fingerprint density at radius 2 is 1.91 bits per heavy atom. The predicted octanol–water partition coefficient (Wildman–Crippen LogP) is 6.40. The van der Waals surface area contributed by atoms with E-state index in [0.717, 1.165) is 25.1 Å². The molecule has 1 amide bonds. The summed E-state index contributed by atoms with van der Waals surface area (Å²) in [6, 6.07) is 13.6. The first-order chi connectivity index (χ1) is 16.1. The van der Waals surface area contributed by atoms with Crippen LogP contribution in [0.3, 0.4) is 0 Å². The molecule has 0 saturated carbocycles. The summed E-state index contributed by atoms with van der Waals surface area (Å²) >= 11 is 12.3. The molecule has 1 aliphatic heterocycles. The van der Waals surface area contributed by atoms with E-state index < -0.39 is 5.54 Å². The number of benzene rings is 2. The minimum absolute atomic E-state index is 0.0950. The lowest BCUT2D eigenvalue weighted by molar-refractivity contribution is -0.142. The van der Waals surface area contributed by atoms with Gasteiger partial charge in [-0.3, -0.25) is 4.79 Å². The van der Waals surface area contributed by atoms with Crippen molar-refractivity contribution in [1.82, 2.24) is 15.0 Å². The SMILES string of the molecule is Cc1ccc(N2CCCC(C(=O)N(Cc3nc(-c4ccc(Cl)cc4Cl)no3)C(C)(C)C)C2)cc1. The molecule has 0 radical (unpaired) electrons. The first-order valence-corrected chi connectivity index (χ1v) is 12.3. The highest BCUT2D eigenvalue weighted by Crippen LogP contribution is 2.30. The molecule has 4 rings (SSSR count). The Morgan fingerprint density at radius 3 is 2.59 bits per heavy atom. The fourth-order valence-electron chi connectivity index (χ4n) is 4.27. The van der Waals surface area contributed by atoms with Crippen LogP contribution in [-0.4, -0.2) is 39.6 Å². The van der Waals surface area contributed by atoms with Crippen molar-refractivity contribution in [2.45, 2.75) is 52.6 Å². The van der Waals surface area contributed by atoms with Gasteiger partial charge in [-0.1, -0.05) is 46.1 Å². The van der Waals surface area contributed by atoms with Crippen LogP contribution >= 0.6 is 23.2 Å². The van der Waals surface area contributed by atoms with E-state index in [1.54, 1.807) is 18.2 Å². The van der Waals surface area contributed by atoms with E-state index in [2.05, 4.69) is 46.2 Å². The molecule has 180 valence electrons. The van der Waals surface area contributed by atoms with Gasteiger partial charge in [-0.2, -0.15) is 4.98 Å². The molecule has 1 fully saturated rings. The van der Waals surface area contributed by atoms with E-state index in [9.17, 15) is 4.79 Å². The summed E-state index contributed by atoms with van der Waals surface area (Å²) < 4.78 is 5.51. The normalized spacial score (nSPS) is 16.5. The maximum Gasteiger partial charge on any atom is 0.246 e. The van der Waals surface area contributed by atoms with Crippen molar-refractivity contribution in [2.75, 3.05) is 18.0 Å². The Hall–Kier alpha value is -2.57. The van der Waals surface area contributed by atoms with Crippen molar-refractivity contribution in [3.8, 4) is 11.4 Å². The first-order valence-electron chi connectivity index (χ1n) is 11.5. The summed E-state index contributed by atoms with van der Waals surface area (Å²) in [4.78, 5) is 22.4. The Morgan fingerprint density at radius 1 is 1.18 bits per heavy atom. The number of aromatic nitrogens is 2. The second kappa shape index (κ2) is 9.96. The smallest absolute Gasteiger partial charge is 0.246 e. The van der Waals surface area contributed by atoms with Crippen LogP contribution in [0.25, 0.3) is 11.4 Å². The number of piperidine rings is 1. The monoisotopic (exact) mass is 500 g/mol. The van der Waals surface area contributed by atoms with Crippen molar-refractivity contribution in [3.63, 3.8) is 0 Å². The highest BCUT2D eigenvalue weighted by molar-refractivity contribution is 6.36. The molecule has 0 spiro atoms. The number of rotatable bonds is 5. The average molecular weight is 501 g/mol. The number of aryl methyl sites for hydroxylation is 1. The Balaban J connectivity index is 1.51. The Labute approximate surface area is 210 Å². The molecule has 0 bridgehead atoms. The molecule has 2 aromatic carbocycles. The van der Waals surface area contributed by atoms with Crippen LogP contribution in [0.5, 0.6) is 0 Å². The van der Waals surface area contributed by atoms with Crippen molar-refractivity contribution < 1.29 is 9.32 Å². The second-order valence-corrected chi connectivity index (χ2v) is 10.7. The molecule has 1 unspecified atom stereocenters. The van der Waals surface area contributed by atoms with Gasteiger partial charge in [0, 0.05) is 34.9 Å². The highest BCUT2D eigenvalue weighted by Gasteiger charge is 2.35. The molecule has 1 aliphatic rings. The fraction of sp³-hybridized carbons (Fsp3) is 0.423. The van der Waals surface area contributed by atoms with E-state index in [1.165, 1.54) is 5.56 Å². The third-order valence-electron chi connectivity index (χ3n) is 6.18. The molecule has 1 atom stereocenters. The molecule has 1 saturated heterocycles. The maximum absolute atomic E-state index is 13.7.